The number of hydrogen-bond donors (Lipinski definition) is 2. The summed E-state index contributed by atoms with van der Waals surface area (Å²) in [5.74, 6) is -0.294. The number of thiazole rings is 1. The van der Waals surface area contributed by atoms with Gasteiger partial charge < -0.3 is 11.1 Å². The van der Waals surface area contributed by atoms with Gasteiger partial charge in [-0.2, -0.15) is 5.10 Å². The Morgan fingerprint density at radius 2 is 2.25 bits per heavy atom. The Hall–Kier alpha value is -2.25. The van der Waals surface area contributed by atoms with Gasteiger partial charge in [0, 0.05) is 18.8 Å². The lowest BCUT2D eigenvalue weighted by Gasteiger charge is -2.07. The zero-order chi connectivity index (χ0) is 14.1. The number of rotatable bonds is 3. The molecule has 102 valence electrons. The molecule has 20 heavy (non-hydrogen) atoms. The normalized spacial score (nSPS) is 12.5. The van der Waals surface area contributed by atoms with E-state index in [2.05, 4.69) is 15.4 Å². The molecule has 0 aliphatic rings. The predicted molar refractivity (Wildman–Crippen MR) is 78.4 cm³/mol. The maximum Gasteiger partial charge on any atom is 0.247 e. The predicted octanol–water partition coefficient (Wildman–Crippen LogP) is 1.67. The molecule has 3 aromatic rings. The number of carbonyl (C=O) groups excluding carboxylic acids is 1. The van der Waals surface area contributed by atoms with Crippen molar-refractivity contribution in [3.63, 3.8) is 0 Å². The molecule has 0 fully saturated rings. The van der Waals surface area contributed by atoms with Gasteiger partial charge in [-0.15, -0.1) is 0 Å². The SMILES string of the molecule is Cn1cc(C(N)C(=O)Nc2nc3ccccc3s2)cn1. The molecule has 6 nitrogen and oxygen atoms in total. The summed E-state index contributed by atoms with van der Waals surface area (Å²) in [7, 11) is 1.78. The Bertz CT molecular complexity index is 730. The molecule has 0 saturated heterocycles. The van der Waals surface area contributed by atoms with Gasteiger partial charge in [-0.1, -0.05) is 23.5 Å². The van der Waals surface area contributed by atoms with Gasteiger partial charge in [0.05, 0.1) is 16.4 Å². The third kappa shape index (κ3) is 2.40. The summed E-state index contributed by atoms with van der Waals surface area (Å²) in [5, 5.41) is 7.30. The van der Waals surface area contributed by atoms with Crippen molar-refractivity contribution in [1.29, 1.82) is 0 Å². The number of benzene rings is 1. The number of anilines is 1. The van der Waals surface area contributed by atoms with Crippen LogP contribution in [-0.4, -0.2) is 20.7 Å². The molecular weight excluding hydrogens is 274 g/mol. The maximum atomic E-state index is 12.1. The second kappa shape index (κ2) is 5.03. The van der Waals surface area contributed by atoms with Gasteiger partial charge in [-0.05, 0) is 12.1 Å². The number of nitrogens with two attached hydrogens (primary N) is 1. The summed E-state index contributed by atoms with van der Waals surface area (Å²) in [6.07, 6.45) is 3.31. The Kier molecular flexibility index (Phi) is 3.21. The molecule has 1 amide bonds. The molecule has 2 heterocycles. The minimum absolute atomic E-state index is 0.294. The monoisotopic (exact) mass is 287 g/mol. The van der Waals surface area contributed by atoms with Crippen LogP contribution in [0.2, 0.25) is 0 Å². The van der Waals surface area contributed by atoms with Gasteiger partial charge >= 0.3 is 0 Å². The van der Waals surface area contributed by atoms with E-state index in [4.69, 9.17) is 5.73 Å². The van der Waals surface area contributed by atoms with Crippen LogP contribution in [0.3, 0.4) is 0 Å². The van der Waals surface area contributed by atoms with Crippen LogP contribution in [0.5, 0.6) is 0 Å². The van der Waals surface area contributed by atoms with Gasteiger partial charge in [0.2, 0.25) is 5.91 Å². The van der Waals surface area contributed by atoms with Gasteiger partial charge in [-0.3, -0.25) is 9.48 Å². The number of fused-ring (bicyclic) bond motifs is 1. The number of nitrogens with one attached hydrogen (secondary N) is 1. The molecule has 0 saturated carbocycles. The van der Waals surface area contributed by atoms with Crippen molar-refractivity contribution in [1.82, 2.24) is 14.8 Å². The second-order valence-corrected chi connectivity index (χ2v) is 5.43. The molecule has 1 atom stereocenters. The number of aromatic nitrogens is 3. The summed E-state index contributed by atoms with van der Waals surface area (Å²) >= 11 is 1.42. The number of para-hydroxylation sites is 1. The van der Waals surface area contributed by atoms with Crippen LogP contribution in [0, 0.1) is 0 Å². The van der Waals surface area contributed by atoms with Crippen LogP contribution in [-0.2, 0) is 11.8 Å². The highest BCUT2D eigenvalue weighted by atomic mass is 32.1. The summed E-state index contributed by atoms with van der Waals surface area (Å²) in [4.78, 5) is 16.4. The first-order valence-electron chi connectivity index (χ1n) is 6.04. The molecule has 7 heteroatoms. The van der Waals surface area contributed by atoms with Crippen molar-refractivity contribution >= 4 is 32.6 Å². The fourth-order valence-electron chi connectivity index (χ4n) is 1.86. The van der Waals surface area contributed by atoms with Crippen LogP contribution >= 0.6 is 11.3 Å². The van der Waals surface area contributed by atoms with Crippen molar-refractivity contribution < 1.29 is 4.79 Å². The van der Waals surface area contributed by atoms with Crippen molar-refractivity contribution in [2.45, 2.75) is 6.04 Å². The maximum absolute atomic E-state index is 12.1. The van der Waals surface area contributed by atoms with Gasteiger partial charge in [-0.25, -0.2) is 4.98 Å². The Balaban J connectivity index is 1.78. The molecule has 3 N–H and O–H groups in total. The van der Waals surface area contributed by atoms with Crippen LogP contribution in [0.4, 0.5) is 5.13 Å². The average molecular weight is 287 g/mol. The van der Waals surface area contributed by atoms with Crippen molar-refractivity contribution in [2.75, 3.05) is 5.32 Å². The highest BCUT2D eigenvalue weighted by molar-refractivity contribution is 7.22. The van der Waals surface area contributed by atoms with Gasteiger partial charge in [0.25, 0.3) is 0 Å². The summed E-state index contributed by atoms with van der Waals surface area (Å²) in [6.45, 7) is 0. The number of hydrogen-bond acceptors (Lipinski definition) is 5. The molecule has 0 radical (unpaired) electrons. The fourth-order valence-corrected chi connectivity index (χ4v) is 2.73. The molecule has 1 aromatic carbocycles. The minimum Gasteiger partial charge on any atom is -0.316 e. The van der Waals surface area contributed by atoms with Crippen molar-refractivity contribution in [3.05, 3.63) is 42.2 Å². The van der Waals surface area contributed by atoms with Gasteiger partial charge in [0.1, 0.15) is 6.04 Å². The third-order valence-electron chi connectivity index (χ3n) is 2.89. The molecule has 1 unspecified atom stereocenters. The highest BCUT2D eigenvalue weighted by Gasteiger charge is 2.18. The third-order valence-corrected chi connectivity index (χ3v) is 3.84. The average Bonchev–Trinajstić information content (AvgIpc) is 3.03. The Labute approximate surface area is 119 Å². The van der Waals surface area contributed by atoms with Crippen molar-refractivity contribution in [2.24, 2.45) is 12.8 Å². The first-order chi connectivity index (χ1) is 9.63. The van der Waals surface area contributed by atoms with Crippen molar-refractivity contribution in [3.8, 4) is 0 Å². The number of amides is 1. The molecule has 3 rings (SSSR count). The van der Waals surface area contributed by atoms with Crippen LogP contribution < -0.4 is 11.1 Å². The number of aryl methyl sites for hydroxylation is 1. The zero-order valence-corrected chi connectivity index (χ0v) is 11.6. The molecular formula is C13H13N5OS. The first-order valence-corrected chi connectivity index (χ1v) is 6.86. The summed E-state index contributed by atoms with van der Waals surface area (Å²) < 4.78 is 2.64. The number of carbonyl (C=O) groups is 1. The zero-order valence-electron chi connectivity index (χ0n) is 10.8. The summed E-state index contributed by atoms with van der Waals surface area (Å²) in [6, 6.07) is 6.96. The quantitative estimate of drug-likeness (QED) is 0.767. The topological polar surface area (TPSA) is 85.8 Å². The largest absolute Gasteiger partial charge is 0.316 e. The van der Waals surface area contributed by atoms with Crippen LogP contribution in [0.15, 0.2) is 36.7 Å². The Morgan fingerprint density at radius 1 is 1.45 bits per heavy atom. The van der Waals surface area contributed by atoms with E-state index in [0.717, 1.165) is 10.2 Å². The first kappa shape index (κ1) is 12.8. The van der Waals surface area contributed by atoms with E-state index in [0.29, 0.717) is 10.7 Å². The molecule has 0 bridgehead atoms. The van der Waals surface area contributed by atoms with E-state index >= 15 is 0 Å². The summed E-state index contributed by atoms with van der Waals surface area (Å²) in [5.41, 5.74) is 7.44. The lowest BCUT2D eigenvalue weighted by Crippen LogP contribution is -2.27. The molecule has 0 aliphatic carbocycles. The molecule has 0 spiro atoms. The van der Waals surface area contributed by atoms with E-state index in [1.165, 1.54) is 11.3 Å². The molecule has 0 aliphatic heterocycles. The van der Waals surface area contributed by atoms with E-state index in [9.17, 15) is 4.79 Å². The van der Waals surface area contributed by atoms with Gasteiger partial charge in [0.15, 0.2) is 5.13 Å². The van der Waals surface area contributed by atoms with Crippen LogP contribution in [0.25, 0.3) is 10.2 Å². The highest BCUT2D eigenvalue weighted by Crippen LogP contribution is 2.26. The molecule has 2 aromatic heterocycles. The second-order valence-electron chi connectivity index (χ2n) is 4.40. The standard InChI is InChI=1S/C13H13N5OS/c1-18-7-8(6-15-18)11(14)12(19)17-13-16-9-4-2-3-5-10(9)20-13/h2-7,11H,14H2,1H3,(H,16,17,19). The smallest absolute Gasteiger partial charge is 0.247 e. The van der Waals surface area contributed by atoms with E-state index < -0.39 is 6.04 Å². The van der Waals surface area contributed by atoms with E-state index in [1.807, 2.05) is 24.3 Å². The van der Waals surface area contributed by atoms with Crippen LogP contribution in [0.1, 0.15) is 11.6 Å². The van der Waals surface area contributed by atoms with E-state index in [-0.39, 0.29) is 5.91 Å². The van der Waals surface area contributed by atoms with E-state index in [1.54, 1.807) is 24.1 Å². The fraction of sp³-hybridized carbons (Fsp3) is 0.154. The number of nitrogens with zero attached hydrogens (tertiary/aromatic N) is 3. The Morgan fingerprint density at radius 3 is 2.95 bits per heavy atom. The lowest BCUT2D eigenvalue weighted by atomic mass is 10.1. The minimum atomic E-state index is -0.754. The lowest BCUT2D eigenvalue weighted by molar-refractivity contribution is -0.117.